The molecule has 0 aliphatic heterocycles. The molecule has 7 nitrogen and oxygen atoms in total. The zero-order chi connectivity index (χ0) is 14.0. The van der Waals surface area contributed by atoms with Gasteiger partial charge in [0.15, 0.2) is 0 Å². The van der Waals surface area contributed by atoms with Gasteiger partial charge in [0, 0.05) is 5.69 Å². The number of benzene rings is 1. The van der Waals surface area contributed by atoms with Crippen LogP contribution in [0.4, 0.5) is 10.8 Å². The molecule has 0 fully saturated rings. The summed E-state index contributed by atoms with van der Waals surface area (Å²) in [6.45, 7) is 1.73. The average molecular weight is 300 g/mol. The maximum atomic E-state index is 12.2. The summed E-state index contributed by atoms with van der Waals surface area (Å²) >= 11 is 1.14. The van der Waals surface area contributed by atoms with Crippen molar-refractivity contribution in [2.75, 3.05) is 17.6 Å². The van der Waals surface area contributed by atoms with Crippen LogP contribution < -0.4 is 15.2 Å². The van der Waals surface area contributed by atoms with E-state index in [-0.39, 0.29) is 15.8 Å². The number of sulfonamides is 1. The lowest BCUT2D eigenvalue weighted by Crippen LogP contribution is -2.14. The normalized spacial score (nSPS) is 11.3. The highest BCUT2D eigenvalue weighted by Crippen LogP contribution is 2.28. The summed E-state index contributed by atoms with van der Waals surface area (Å²) in [4.78, 5) is -0.0390. The summed E-state index contributed by atoms with van der Waals surface area (Å²) in [5.74, 6) is 0.211. The van der Waals surface area contributed by atoms with Crippen LogP contribution in [0.25, 0.3) is 0 Å². The fourth-order valence-electron chi connectivity index (χ4n) is 1.41. The molecule has 0 bridgehead atoms. The van der Waals surface area contributed by atoms with Crippen molar-refractivity contribution >= 4 is 32.2 Å². The third-order valence-electron chi connectivity index (χ3n) is 2.22. The van der Waals surface area contributed by atoms with Crippen LogP contribution >= 0.6 is 11.3 Å². The summed E-state index contributed by atoms with van der Waals surface area (Å²) in [7, 11) is -2.42. The molecule has 0 saturated carbocycles. The fourth-order valence-corrected chi connectivity index (χ4v) is 3.44. The minimum Gasteiger partial charge on any atom is -0.495 e. The molecular weight excluding hydrogens is 288 g/mol. The molecule has 1 heterocycles. The van der Waals surface area contributed by atoms with Crippen molar-refractivity contribution in [3.8, 4) is 5.75 Å². The van der Waals surface area contributed by atoms with Crippen molar-refractivity contribution in [3.05, 3.63) is 23.2 Å². The van der Waals surface area contributed by atoms with E-state index in [4.69, 9.17) is 10.5 Å². The monoisotopic (exact) mass is 300 g/mol. The van der Waals surface area contributed by atoms with Gasteiger partial charge in [-0.2, -0.15) is 0 Å². The molecule has 1 aromatic carbocycles. The number of methoxy groups -OCH3 is 1. The predicted octanol–water partition coefficient (Wildman–Crippen LogP) is 1.24. The van der Waals surface area contributed by atoms with Crippen molar-refractivity contribution in [2.45, 2.75) is 11.8 Å². The number of ether oxygens (including phenoxy) is 1. The van der Waals surface area contributed by atoms with Crippen LogP contribution in [0, 0.1) is 6.92 Å². The lowest BCUT2D eigenvalue weighted by Gasteiger charge is -2.10. The first kappa shape index (κ1) is 13.6. The summed E-state index contributed by atoms with van der Waals surface area (Å²) in [5.41, 5.74) is 5.93. The topological polar surface area (TPSA) is 107 Å². The predicted molar refractivity (Wildman–Crippen MR) is 72.9 cm³/mol. The first-order chi connectivity index (χ1) is 8.92. The van der Waals surface area contributed by atoms with Gasteiger partial charge in [-0.25, -0.2) is 8.42 Å². The molecule has 0 unspecified atom stereocenters. The molecule has 9 heteroatoms. The molecule has 19 heavy (non-hydrogen) atoms. The Hall–Kier alpha value is -1.87. The van der Waals surface area contributed by atoms with E-state index in [0.717, 1.165) is 11.3 Å². The Morgan fingerprint density at radius 1 is 1.37 bits per heavy atom. The van der Waals surface area contributed by atoms with Gasteiger partial charge in [-0.3, -0.25) is 4.72 Å². The Kier molecular flexibility index (Phi) is 3.58. The van der Waals surface area contributed by atoms with Crippen molar-refractivity contribution in [3.63, 3.8) is 0 Å². The molecule has 2 rings (SSSR count). The lowest BCUT2D eigenvalue weighted by molar-refractivity contribution is 0.403. The molecule has 0 amide bonds. The van der Waals surface area contributed by atoms with Gasteiger partial charge in [-0.05, 0) is 25.1 Å². The van der Waals surface area contributed by atoms with Crippen molar-refractivity contribution in [1.29, 1.82) is 0 Å². The Morgan fingerprint density at radius 3 is 2.68 bits per heavy atom. The number of aryl methyl sites for hydroxylation is 1. The second-order valence-electron chi connectivity index (χ2n) is 3.64. The first-order valence-corrected chi connectivity index (χ1v) is 7.49. The quantitative estimate of drug-likeness (QED) is 0.823. The summed E-state index contributed by atoms with van der Waals surface area (Å²) in [6, 6.07) is 4.39. The zero-order valence-electron chi connectivity index (χ0n) is 10.2. The van der Waals surface area contributed by atoms with Gasteiger partial charge >= 0.3 is 0 Å². The van der Waals surface area contributed by atoms with Gasteiger partial charge < -0.3 is 10.5 Å². The number of anilines is 2. The minimum absolute atomic E-state index is 0.0390. The highest BCUT2D eigenvalue weighted by atomic mass is 32.2. The second-order valence-corrected chi connectivity index (χ2v) is 6.47. The summed E-state index contributed by atoms with van der Waals surface area (Å²) in [5, 5.41) is 8.31. The van der Waals surface area contributed by atoms with Gasteiger partial charge in [-0.1, -0.05) is 11.3 Å². The van der Waals surface area contributed by atoms with Crippen molar-refractivity contribution < 1.29 is 13.2 Å². The van der Waals surface area contributed by atoms with Crippen molar-refractivity contribution in [2.24, 2.45) is 0 Å². The molecule has 0 spiro atoms. The molecule has 1 aromatic heterocycles. The smallest absolute Gasteiger partial charge is 0.267 e. The third-order valence-corrected chi connectivity index (χ3v) is 4.47. The van der Waals surface area contributed by atoms with Crippen LogP contribution in [0.15, 0.2) is 23.1 Å². The van der Waals surface area contributed by atoms with E-state index in [0.29, 0.717) is 10.7 Å². The number of nitrogens with zero attached hydrogens (tertiary/aromatic N) is 2. The molecule has 0 atom stereocenters. The number of rotatable bonds is 4. The second kappa shape index (κ2) is 5.02. The Bertz CT molecular complexity index is 697. The number of hydrogen-bond acceptors (Lipinski definition) is 7. The summed E-state index contributed by atoms with van der Waals surface area (Å²) in [6.07, 6.45) is 0. The molecule has 0 aliphatic carbocycles. The van der Waals surface area contributed by atoms with Crippen molar-refractivity contribution in [1.82, 2.24) is 10.2 Å². The highest BCUT2D eigenvalue weighted by Gasteiger charge is 2.21. The largest absolute Gasteiger partial charge is 0.495 e. The Labute approximate surface area is 114 Å². The Balaban J connectivity index is 2.41. The molecule has 0 aliphatic rings. The van der Waals surface area contributed by atoms with E-state index >= 15 is 0 Å². The molecule has 0 saturated heterocycles. The molecule has 102 valence electrons. The lowest BCUT2D eigenvalue weighted by atomic mass is 10.3. The summed E-state index contributed by atoms with van der Waals surface area (Å²) < 4.78 is 31.8. The maximum absolute atomic E-state index is 12.2. The average Bonchev–Trinajstić information content (AvgIpc) is 2.74. The van der Waals surface area contributed by atoms with Crippen LogP contribution in [0.3, 0.4) is 0 Å². The number of nitrogens with one attached hydrogen (secondary N) is 1. The van der Waals surface area contributed by atoms with Gasteiger partial charge in [-0.15, -0.1) is 10.2 Å². The first-order valence-electron chi connectivity index (χ1n) is 5.19. The molecule has 0 radical (unpaired) electrons. The fraction of sp³-hybridized carbons (Fsp3) is 0.200. The number of nitrogens with two attached hydrogens (primary N) is 1. The molecule has 2 aromatic rings. The van der Waals surface area contributed by atoms with Crippen LogP contribution in [0.2, 0.25) is 0 Å². The van der Waals surface area contributed by atoms with Gasteiger partial charge in [0.2, 0.25) is 5.13 Å². The SMILES string of the molecule is COc1ccc(N)cc1S(=O)(=O)Nc1nnc(C)s1. The standard InChI is InChI=1S/C10H12N4O3S2/c1-6-12-13-10(18-6)14-19(15,16)9-5-7(11)3-4-8(9)17-2/h3-5H,11H2,1-2H3,(H,13,14). The van der Waals surface area contributed by atoms with E-state index in [9.17, 15) is 8.42 Å². The van der Waals surface area contributed by atoms with Crippen LogP contribution in [0.5, 0.6) is 5.75 Å². The van der Waals surface area contributed by atoms with Gasteiger partial charge in [0.1, 0.15) is 15.7 Å². The zero-order valence-corrected chi connectivity index (χ0v) is 11.9. The molecule has 3 N–H and O–H groups in total. The highest BCUT2D eigenvalue weighted by molar-refractivity contribution is 7.93. The minimum atomic E-state index is -3.81. The number of aromatic nitrogens is 2. The van der Waals surface area contributed by atoms with E-state index in [1.807, 2.05) is 0 Å². The van der Waals surface area contributed by atoms with Gasteiger partial charge in [0.05, 0.1) is 7.11 Å². The van der Waals surface area contributed by atoms with Gasteiger partial charge in [0.25, 0.3) is 10.0 Å². The van der Waals surface area contributed by atoms with Crippen LogP contribution in [-0.2, 0) is 10.0 Å². The maximum Gasteiger partial charge on any atom is 0.267 e. The van der Waals surface area contributed by atoms with E-state index in [2.05, 4.69) is 14.9 Å². The van der Waals surface area contributed by atoms with E-state index in [1.165, 1.54) is 19.2 Å². The molecular formula is C10H12N4O3S2. The van der Waals surface area contributed by atoms with E-state index < -0.39 is 10.0 Å². The van der Waals surface area contributed by atoms with E-state index in [1.54, 1.807) is 13.0 Å². The number of hydrogen-bond donors (Lipinski definition) is 2. The Morgan fingerprint density at radius 2 is 2.11 bits per heavy atom. The number of nitrogen functional groups attached to an aromatic ring is 1. The van der Waals surface area contributed by atoms with Crippen LogP contribution in [-0.4, -0.2) is 25.7 Å². The third kappa shape index (κ3) is 2.93. The van der Waals surface area contributed by atoms with Crippen LogP contribution in [0.1, 0.15) is 5.01 Å².